The first-order valence-electron chi connectivity index (χ1n) is 7.67. The van der Waals surface area contributed by atoms with Crippen LogP contribution in [-0.4, -0.2) is 73.0 Å². The molecule has 0 aliphatic carbocycles. The van der Waals surface area contributed by atoms with E-state index in [0.717, 1.165) is 15.5 Å². The molecule has 0 saturated carbocycles. The van der Waals surface area contributed by atoms with Crippen LogP contribution >= 0.6 is 0 Å². The Morgan fingerprint density at radius 2 is 1.92 bits per heavy atom. The van der Waals surface area contributed by atoms with E-state index < -0.39 is 32.9 Å². The molecular weight excluding hydrogens is 366 g/mol. The highest BCUT2D eigenvalue weighted by Crippen LogP contribution is 2.22. The number of nitrogens with two attached hydrogens (primary N) is 1. The molecule has 3 N–H and O–H groups in total. The van der Waals surface area contributed by atoms with Crippen molar-refractivity contribution in [3.05, 3.63) is 39.9 Å². The molecule has 0 aromatic heterocycles. The van der Waals surface area contributed by atoms with Crippen LogP contribution in [0.1, 0.15) is 10.4 Å². The van der Waals surface area contributed by atoms with Gasteiger partial charge in [0.2, 0.25) is 10.0 Å². The number of non-ortho nitro benzene ring substituents is 1. The summed E-state index contributed by atoms with van der Waals surface area (Å²) < 4.78 is 24.8. The predicted molar refractivity (Wildman–Crippen MR) is 91.5 cm³/mol. The molecule has 1 unspecified atom stereocenters. The van der Waals surface area contributed by atoms with Gasteiger partial charge in [0.25, 0.3) is 17.5 Å². The monoisotopic (exact) mass is 385 g/mol. The summed E-state index contributed by atoms with van der Waals surface area (Å²) in [5, 5.41) is 13.2. The molecule has 1 aromatic carbocycles. The van der Waals surface area contributed by atoms with Crippen molar-refractivity contribution < 1.29 is 22.9 Å². The van der Waals surface area contributed by atoms with E-state index >= 15 is 0 Å². The molecule has 1 heterocycles. The number of sulfonamides is 1. The normalized spacial score (nSPS) is 17.9. The molecule has 0 bridgehead atoms. The van der Waals surface area contributed by atoms with Crippen molar-refractivity contribution in [2.45, 2.75) is 6.17 Å². The summed E-state index contributed by atoms with van der Waals surface area (Å²) in [7, 11) is -3.73. The molecule has 0 radical (unpaired) electrons. The van der Waals surface area contributed by atoms with E-state index in [-0.39, 0.29) is 37.4 Å². The fourth-order valence-electron chi connectivity index (χ4n) is 2.62. The molecule has 1 aliphatic rings. The van der Waals surface area contributed by atoms with E-state index in [1.165, 1.54) is 24.3 Å². The minimum Gasteiger partial charge on any atom is -0.352 e. The Morgan fingerprint density at radius 1 is 1.31 bits per heavy atom. The minimum atomic E-state index is -3.73. The number of carbonyl (C=O) groups excluding carboxylic acids is 2. The number of rotatable bonds is 6. The standard InChI is InChI=1S/C14H19N5O6S/c1-26(24,25)18-9-8-17(13(18)12(20)16-7-6-15)14(21)10-2-4-11(5-3-10)19(22)23/h2-5,13H,6-9,15H2,1H3,(H,16,20). The molecule has 11 nitrogen and oxygen atoms in total. The van der Waals surface area contributed by atoms with Crippen LogP contribution in [0.25, 0.3) is 0 Å². The number of hydrogen-bond donors (Lipinski definition) is 2. The Labute approximate surface area is 149 Å². The highest BCUT2D eigenvalue weighted by atomic mass is 32.2. The van der Waals surface area contributed by atoms with Crippen molar-refractivity contribution >= 4 is 27.5 Å². The van der Waals surface area contributed by atoms with Gasteiger partial charge in [-0.2, -0.15) is 4.31 Å². The van der Waals surface area contributed by atoms with E-state index in [1.54, 1.807) is 0 Å². The average molecular weight is 385 g/mol. The van der Waals surface area contributed by atoms with Gasteiger partial charge in [-0.1, -0.05) is 0 Å². The third kappa shape index (κ3) is 4.15. The van der Waals surface area contributed by atoms with Gasteiger partial charge in [0.05, 0.1) is 11.2 Å². The quantitative estimate of drug-likeness (QED) is 0.456. The third-order valence-corrected chi connectivity index (χ3v) is 5.05. The fraction of sp³-hybridized carbons (Fsp3) is 0.429. The Kier molecular flexibility index (Phi) is 5.90. The predicted octanol–water partition coefficient (Wildman–Crippen LogP) is -1.29. The van der Waals surface area contributed by atoms with Crippen LogP contribution in [0.3, 0.4) is 0 Å². The number of amides is 2. The molecule has 26 heavy (non-hydrogen) atoms. The van der Waals surface area contributed by atoms with E-state index in [9.17, 15) is 28.1 Å². The van der Waals surface area contributed by atoms with Crippen molar-refractivity contribution in [2.75, 3.05) is 32.4 Å². The van der Waals surface area contributed by atoms with Gasteiger partial charge in [0, 0.05) is 43.9 Å². The smallest absolute Gasteiger partial charge is 0.269 e. The second-order valence-electron chi connectivity index (χ2n) is 5.63. The lowest BCUT2D eigenvalue weighted by Crippen LogP contribution is -2.54. The lowest BCUT2D eigenvalue weighted by molar-refractivity contribution is -0.384. The van der Waals surface area contributed by atoms with Crippen LogP contribution in [-0.2, 0) is 14.8 Å². The van der Waals surface area contributed by atoms with Gasteiger partial charge in [-0.25, -0.2) is 8.42 Å². The number of carbonyl (C=O) groups is 2. The highest BCUT2D eigenvalue weighted by Gasteiger charge is 2.44. The Morgan fingerprint density at radius 3 is 2.42 bits per heavy atom. The Hall–Kier alpha value is -2.57. The van der Waals surface area contributed by atoms with Gasteiger partial charge < -0.3 is 16.0 Å². The molecule has 1 atom stereocenters. The first kappa shape index (κ1) is 19.8. The second-order valence-corrected chi connectivity index (χ2v) is 7.56. The van der Waals surface area contributed by atoms with Gasteiger partial charge >= 0.3 is 0 Å². The zero-order valence-corrected chi connectivity index (χ0v) is 14.8. The Bertz CT molecular complexity index is 810. The summed E-state index contributed by atoms with van der Waals surface area (Å²) in [5.41, 5.74) is 5.27. The number of nitrogens with one attached hydrogen (secondary N) is 1. The van der Waals surface area contributed by atoms with Crippen LogP contribution in [0, 0.1) is 10.1 Å². The minimum absolute atomic E-state index is 0.0175. The zero-order valence-electron chi connectivity index (χ0n) is 14.0. The van der Waals surface area contributed by atoms with Crippen LogP contribution in [0.4, 0.5) is 5.69 Å². The van der Waals surface area contributed by atoms with E-state index in [1.807, 2.05) is 0 Å². The summed E-state index contributed by atoms with van der Waals surface area (Å²) in [5.74, 6) is -1.26. The van der Waals surface area contributed by atoms with Crippen LogP contribution in [0.15, 0.2) is 24.3 Å². The topological polar surface area (TPSA) is 156 Å². The van der Waals surface area contributed by atoms with E-state index in [0.29, 0.717) is 0 Å². The maximum absolute atomic E-state index is 12.7. The largest absolute Gasteiger partial charge is 0.352 e. The first-order valence-corrected chi connectivity index (χ1v) is 9.51. The second kappa shape index (κ2) is 7.76. The summed E-state index contributed by atoms with van der Waals surface area (Å²) in [6, 6.07) is 4.86. The van der Waals surface area contributed by atoms with Crippen LogP contribution in [0.2, 0.25) is 0 Å². The SMILES string of the molecule is CS(=O)(=O)N1CCN(C(=O)c2ccc([N+](=O)[O-])cc2)C1C(=O)NCCN. The third-order valence-electron chi connectivity index (χ3n) is 3.82. The molecule has 2 amide bonds. The van der Waals surface area contributed by atoms with Crippen molar-refractivity contribution in [3.63, 3.8) is 0 Å². The molecule has 1 fully saturated rings. The van der Waals surface area contributed by atoms with E-state index in [4.69, 9.17) is 5.73 Å². The number of nitrogens with zero attached hydrogens (tertiary/aromatic N) is 3. The Balaban J connectivity index is 2.31. The summed E-state index contributed by atoms with van der Waals surface area (Å²) >= 11 is 0. The van der Waals surface area contributed by atoms with Gasteiger partial charge in [-0.3, -0.25) is 19.7 Å². The zero-order chi connectivity index (χ0) is 19.5. The van der Waals surface area contributed by atoms with Crippen LogP contribution in [0.5, 0.6) is 0 Å². The van der Waals surface area contributed by atoms with Crippen LogP contribution < -0.4 is 11.1 Å². The number of benzene rings is 1. The van der Waals surface area contributed by atoms with E-state index in [2.05, 4.69) is 5.32 Å². The summed E-state index contributed by atoms with van der Waals surface area (Å²) in [6.45, 7) is 0.280. The maximum Gasteiger partial charge on any atom is 0.269 e. The highest BCUT2D eigenvalue weighted by molar-refractivity contribution is 7.88. The van der Waals surface area contributed by atoms with Crippen molar-refractivity contribution in [1.82, 2.24) is 14.5 Å². The molecule has 2 rings (SSSR count). The summed E-state index contributed by atoms with van der Waals surface area (Å²) in [6.07, 6.45) is -0.380. The van der Waals surface area contributed by atoms with Crippen molar-refractivity contribution in [3.8, 4) is 0 Å². The fourth-order valence-corrected chi connectivity index (χ4v) is 3.60. The first-order chi connectivity index (χ1) is 12.2. The van der Waals surface area contributed by atoms with Gasteiger partial charge in [0.1, 0.15) is 0 Å². The maximum atomic E-state index is 12.7. The van der Waals surface area contributed by atoms with Gasteiger partial charge in [-0.05, 0) is 12.1 Å². The molecule has 1 saturated heterocycles. The molecule has 142 valence electrons. The lowest BCUT2D eigenvalue weighted by atomic mass is 10.1. The summed E-state index contributed by atoms with van der Waals surface area (Å²) in [4.78, 5) is 36.3. The molecule has 1 aliphatic heterocycles. The molecule has 1 aromatic rings. The number of nitro groups is 1. The lowest BCUT2D eigenvalue weighted by Gasteiger charge is -2.27. The molecular formula is C14H19N5O6S. The van der Waals surface area contributed by atoms with Crippen molar-refractivity contribution in [2.24, 2.45) is 5.73 Å². The molecule has 0 spiro atoms. The number of nitro benzene ring substituents is 1. The molecule has 12 heteroatoms. The van der Waals surface area contributed by atoms with Gasteiger partial charge in [0.15, 0.2) is 6.17 Å². The average Bonchev–Trinajstić information content (AvgIpc) is 3.04. The van der Waals surface area contributed by atoms with Gasteiger partial charge in [-0.15, -0.1) is 0 Å². The van der Waals surface area contributed by atoms with Crippen molar-refractivity contribution in [1.29, 1.82) is 0 Å². The number of hydrogen-bond acceptors (Lipinski definition) is 7.